The van der Waals surface area contributed by atoms with Gasteiger partial charge in [-0.05, 0) is 30.3 Å². The predicted octanol–water partition coefficient (Wildman–Crippen LogP) is 2.30. The average molecular weight is 314 g/mol. The Morgan fingerprint density at radius 1 is 1.09 bits per heavy atom. The molecule has 4 nitrogen and oxygen atoms in total. The van der Waals surface area contributed by atoms with Crippen molar-refractivity contribution in [2.24, 2.45) is 0 Å². The average Bonchev–Trinajstić information content (AvgIpc) is 2.52. The van der Waals surface area contributed by atoms with E-state index in [2.05, 4.69) is 11.8 Å². The van der Waals surface area contributed by atoms with Gasteiger partial charge in [-0.1, -0.05) is 36.1 Å². The van der Waals surface area contributed by atoms with Crippen LogP contribution in [0.2, 0.25) is 0 Å². The van der Waals surface area contributed by atoms with Crippen molar-refractivity contribution in [2.75, 3.05) is 12.9 Å². The number of benzene rings is 2. The Hall–Kier alpha value is -2.58. The highest BCUT2D eigenvalue weighted by molar-refractivity contribution is 7.90. The van der Waals surface area contributed by atoms with Crippen molar-refractivity contribution in [2.45, 2.75) is 4.90 Å². The van der Waals surface area contributed by atoms with Crippen LogP contribution in [0.25, 0.3) is 0 Å². The molecule has 22 heavy (non-hydrogen) atoms. The summed E-state index contributed by atoms with van der Waals surface area (Å²) in [6.07, 6.45) is 1.09. The van der Waals surface area contributed by atoms with Gasteiger partial charge in [-0.15, -0.1) is 0 Å². The van der Waals surface area contributed by atoms with Crippen LogP contribution < -0.4 is 0 Å². The van der Waals surface area contributed by atoms with Crippen molar-refractivity contribution in [3.05, 3.63) is 65.7 Å². The maximum Gasteiger partial charge on any atom is 0.339 e. The van der Waals surface area contributed by atoms with E-state index in [4.69, 9.17) is 4.74 Å². The van der Waals surface area contributed by atoms with Crippen molar-refractivity contribution >= 4 is 15.8 Å². The number of carbonyl (C=O) groups excluding carboxylic acids is 1. The van der Waals surface area contributed by atoms with Gasteiger partial charge in [0.2, 0.25) is 0 Å². The molecule has 0 spiro atoms. The highest BCUT2D eigenvalue weighted by Crippen LogP contribution is 2.12. The zero-order chi connectivity index (χ0) is 16.0. The van der Waals surface area contributed by atoms with Crippen LogP contribution in [0.15, 0.2) is 59.5 Å². The molecule has 2 aromatic carbocycles. The van der Waals surface area contributed by atoms with Crippen LogP contribution in [0, 0.1) is 11.8 Å². The molecule has 0 aliphatic rings. The summed E-state index contributed by atoms with van der Waals surface area (Å²) in [7, 11) is -3.36. The number of hydrogen-bond acceptors (Lipinski definition) is 4. The van der Waals surface area contributed by atoms with Crippen molar-refractivity contribution < 1.29 is 17.9 Å². The quantitative estimate of drug-likeness (QED) is 0.644. The van der Waals surface area contributed by atoms with Gasteiger partial charge in [0, 0.05) is 11.8 Å². The second-order valence-electron chi connectivity index (χ2n) is 4.54. The van der Waals surface area contributed by atoms with Gasteiger partial charge in [0.1, 0.15) is 0 Å². The van der Waals surface area contributed by atoms with Crippen LogP contribution in [-0.2, 0) is 14.6 Å². The van der Waals surface area contributed by atoms with E-state index >= 15 is 0 Å². The van der Waals surface area contributed by atoms with Crippen molar-refractivity contribution in [3.8, 4) is 11.8 Å². The summed E-state index contributed by atoms with van der Waals surface area (Å²) in [6.45, 7) is -0.0587. The third-order valence-electron chi connectivity index (χ3n) is 2.78. The molecule has 0 amide bonds. The smallest absolute Gasteiger partial charge is 0.339 e. The molecule has 5 heteroatoms. The van der Waals surface area contributed by atoms with Crippen LogP contribution in [-0.4, -0.2) is 27.2 Å². The van der Waals surface area contributed by atoms with Gasteiger partial charge < -0.3 is 4.74 Å². The number of rotatable bonds is 3. The minimum atomic E-state index is -3.36. The van der Waals surface area contributed by atoms with Gasteiger partial charge >= 0.3 is 5.97 Å². The lowest BCUT2D eigenvalue weighted by atomic mass is 10.2. The normalized spacial score (nSPS) is 10.4. The first-order valence-electron chi connectivity index (χ1n) is 6.48. The number of esters is 1. The van der Waals surface area contributed by atoms with Gasteiger partial charge in [0.25, 0.3) is 0 Å². The molecular formula is C17H14O4S. The Morgan fingerprint density at radius 2 is 1.82 bits per heavy atom. The molecule has 0 aromatic heterocycles. The number of sulfone groups is 1. The van der Waals surface area contributed by atoms with Crippen molar-refractivity contribution in [1.82, 2.24) is 0 Å². The summed E-state index contributed by atoms with van der Waals surface area (Å²) >= 11 is 0. The van der Waals surface area contributed by atoms with E-state index in [1.165, 1.54) is 24.3 Å². The largest absolute Gasteiger partial charge is 0.449 e. The molecule has 0 saturated heterocycles. The minimum Gasteiger partial charge on any atom is -0.449 e. The van der Waals surface area contributed by atoms with Crippen molar-refractivity contribution in [3.63, 3.8) is 0 Å². The third kappa shape index (κ3) is 4.47. The van der Waals surface area contributed by atoms with Crippen LogP contribution in [0.3, 0.4) is 0 Å². The second-order valence-corrected chi connectivity index (χ2v) is 6.56. The fourth-order valence-corrected chi connectivity index (χ4v) is 2.37. The van der Waals surface area contributed by atoms with Gasteiger partial charge in [-0.3, -0.25) is 0 Å². The SMILES string of the molecule is CS(=O)(=O)c1cccc(C(=O)OCC#Cc2ccccc2)c1. The summed E-state index contributed by atoms with van der Waals surface area (Å²) < 4.78 is 27.9. The van der Waals surface area contributed by atoms with E-state index in [-0.39, 0.29) is 17.1 Å². The molecule has 0 bridgehead atoms. The fraction of sp³-hybridized carbons (Fsp3) is 0.118. The summed E-state index contributed by atoms with van der Waals surface area (Å²) in [5.74, 6) is 5.00. The van der Waals surface area contributed by atoms with Crippen LogP contribution in [0.5, 0.6) is 0 Å². The van der Waals surface area contributed by atoms with E-state index in [0.29, 0.717) is 0 Å². The van der Waals surface area contributed by atoms with Gasteiger partial charge in [0.05, 0.1) is 10.5 Å². The molecule has 0 N–H and O–H groups in total. The van der Waals surface area contributed by atoms with Crippen molar-refractivity contribution in [1.29, 1.82) is 0 Å². The first-order valence-corrected chi connectivity index (χ1v) is 8.37. The highest BCUT2D eigenvalue weighted by atomic mass is 32.2. The number of carbonyl (C=O) groups is 1. The van der Waals surface area contributed by atoms with E-state index in [0.717, 1.165) is 11.8 Å². The molecule has 0 unspecified atom stereocenters. The molecule has 2 rings (SSSR count). The third-order valence-corrected chi connectivity index (χ3v) is 3.89. The molecule has 0 aliphatic carbocycles. The van der Waals surface area contributed by atoms with E-state index in [1.807, 2.05) is 30.3 Å². The van der Waals surface area contributed by atoms with E-state index in [1.54, 1.807) is 0 Å². The Labute approximate surface area is 129 Å². The molecule has 112 valence electrons. The van der Waals surface area contributed by atoms with Crippen LogP contribution >= 0.6 is 0 Å². The van der Waals surface area contributed by atoms with E-state index in [9.17, 15) is 13.2 Å². The number of ether oxygens (including phenoxy) is 1. The van der Waals surface area contributed by atoms with Gasteiger partial charge in [-0.25, -0.2) is 13.2 Å². The number of hydrogen-bond donors (Lipinski definition) is 0. The van der Waals surface area contributed by atoms with Gasteiger partial charge in [0.15, 0.2) is 16.4 Å². The maximum absolute atomic E-state index is 11.9. The summed E-state index contributed by atoms with van der Waals surface area (Å²) in [4.78, 5) is 11.9. The molecule has 0 fully saturated rings. The van der Waals surface area contributed by atoms with Crippen LogP contribution in [0.1, 0.15) is 15.9 Å². The zero-order valence-electron chi connectivity index (χ0n) is 11.9. The Morgan fingerprint density at radius 3 is 2.50 bits per heavy atom. The Kier molecular flexibility index (Phi) is 4.97. The lowest BCUT2D eigenvalue weighted by Gasteiger charge is -2.03. The monoisotopic (exact) mass is 314 g/mol. The second kappa shape index (κ2) is 6.92. The Balaban J connectivity index is 2.00. The molecule has 2 aromatic rings. The Bertz CT molecular complexity index is 828. The molecular weight excluding hydrogens is 300 g/mol. The molecule has 0 aliphatic heterocycles. The molecule has 0 heterocycles. The van der Waals surface area contributed by atoms with Crippen LogP contribution in [0.4, 0.5) is 0 Å². The summed E-state index contributed by atoms with van der Waals surface area (Å²) in [6, 6.07) is 15.1. The first-order chi connectivity index (χ1) is 10.5. The lowest BCUT2D eigenvalue weighted by Crippen LogP contribution is -2.07. The summed E-state index contributed by atoms with van der Waals surface area (Å²) in [5.41, 5.74) is 1.02. The minimum absolute atomic E-state index is 0.0587. The molecule has 0 radical (unpaired) electrons. The standard InChI is InChI=1S/C17H14O4S/c1-22(19,20)16-11-5-10-15(13-16)17(18)21-12-6-9-14-7-3-2-4-8-14/h2-5,7-8,10-11,13H,12H2,1H3. The topological polar surface area (TPSA) is 60.4 Å². The van der Waals surface area contributed by atoms with Gasteiger partial charge in [-0.2, -0.15) is 0 Å². The summed E-state index contributed by atoms with van der Waals surface area (Å²) in [5, 5.41) is 0. The van der Waals surface area contributed by atoms with E-state index < -0.39 is 15.8 Å². The molecule has 0 atom stereocenters. The maximum atomic E-state index is 11.9. The fourth-order valence-electron chi connectivity index (χ4n) is 1.70. The highest BCUT2D eigenvalue weighted by Gasteiger charge is 2.12. The zero-order valence-corrected chi connectivity index (χ0v) is 12.8. The lowest BCUT2D eigenvalue weighted by molar-refractivity contribution is 0.0556. The predicted molar refractivity (Wildman–Crippen MR) is 83.2 cm³/mol. The molecule has 0 saturated carbocycles. The first kappa shape index (κ1) is 15.8.